The lowest BCUT2D eigenvalue weighted by molar-refractivity contribution is -0.142. The molecule has 0 aliphatic heterocycles. The molecule has 0 atom stereocenters. The van der Waals surface area contributed by atoms with Crippen molar-refractivity contribution in [2.24, 2.45) is 0 Å². The van der Waals surface area contributed by atoms with Gasteiger partial charge in [0.15, 0.2) is 0 Å². The fourth-order valence-electron chi connectivity index (χ4n) is 0.844. The first-order valence-electron chi connectivity index (χ1n) is 3.67. The lowest BCUT2D eigenvalue weighted by Crippen LogP contribution is -1.99. The third kappa shape index (κ3) is 2.90. The van der Waals surface area contributed by atoms with Gasteiger partial charge in [-0.05, 0) is 12.1 Å². The number of benzene rings is 1. The number of esters is 1. The summed E-state index contributed by atoms with van der Waals surface area (Å²) < 4.78 is 4.78. The highest BCUT2D eigenvalue weighted by atomic mass is 35.5. The molecule has 0 N–H and O–H groups in total. The summed E-state index contributed by atoms with van der Waals surface area (Å²) in [5.41, 5.74) is 0.640. The molecule has 1 rings (SSSR count). The number of ether oxygens (including phenoxy) is 1. The minimum absolute atomic E-state index is 0.119. The molecule has 0 aromatic heterocycles. The number of rotatable bonds is 2. The predicted molar refractivity (Wildman–Crippen MR) is 51.9 cm³/mol. The molecule has 0 fully saturated rings. The van der Waals surface area contributed by atoms with Crippen molar-refractivity contribution >= 4 is 29.2 Å². The van der Waals surface area contributed by atoms with E-state index < -0.39 is 0 Å². The third-order valence-electron chi connectivity index (χ3n) is 1.48. The molecule has 0 saturated carbocycles. The van der Waals surface area contributed by atoms with Crippen LogP contribution in [-0.4, -0.2) is 5.97 Å². The number of carbonyl (C=O) groups is 1. The molecule has 0 spiro atoms. The van der Waals surface area contributed by atoms with Crippen LogP contribution in [0.5, 0.6) is 0 Å². The van der Waals surface area contributed by atoms with Crippen molar-refractivity contribution in [1.82, 2.24) is 0 Å². The Morgan fingerprint density at radius 1 is 1.38 bits per heavy atom. The molecule has 1 aromatic rings. The van der Waals surface area contributed by atoms with E-state index in [1.165, 1.54) is 6.92 Å². The van der Waals surface area contributed by atoms with E-state index in [1.54, 1.807) is 18.2 Å². The zero-order valence-electron chi connectivity index (χ0n) is 7.01. The van der Waals surface area contributed by atoms with E-state index in [4.69, 9.17) is 27.9 Å². The number of halogens is 2. The number of hydrogen-bond acceptors (Lipinski definition) is 2. The monoisotopic (exact) mass is 218 g/mol. The Morgan fingerprint density at radius 3 is 2.38 bits per heavy atom. The molecule has 1 aromatic carbocycles. The first-order valence-corrected chi connectivity index (χ1v) is 4.43. The van der Waals surface area contributed by atoms with Gasteiger partial charge in [-0.25, -0.2) is 0 Å². The maximum Gasteiger partial charge on any atom is 0.302 e. The van der Waals surface area contributed by atoms with Crippen LogP contribution in [0.2, 0.25) is 10.0 Å². The Hall–Kier alpha value is -0.730. The smallest absolute Gasteiger partial charge is 0.302 e. The van der Waals surface area contributed by atoms with Gasteiger partial charge in [-0.1, -0.05) is 29.3 Å². The van der Waals surface area contributed by atoms with E-state index in [-0.39, 0.29) is 12.6 Å². The predicted octanol–water partition coefficient (Wildman–Crippen LogP) is 3.06. The van der Waals surface area contributed by atoms with E-state index in [1.807, 2.05) is 0 Å². The normalized spacial score (nSPS) is 9.77. The molecule has 0 bridgehead atoms. The van der Waals surface area contributed by atoms with Gasteiger partial charge in [0, 0.05) is 22.5 Å². The van der Waals surface area contributed by atoms with E-state index in [0.29, 0.717) is 15.6 Å². The van der Waals surface area contributed by atoms with Crippen molar-refractivity contribution < 1.29 is 9.53 Å². The summed E-state index contributed by atoms with van der Waals surface area (Å²) in [7, 11) is 0. The van der Waals surface area contributed by atoms with Gasteiger partial charge in [-0.3, -0.25) is 4.79 Å². The van der Waals surface area contributed by atoms with Crippen LogP contribution in [0, 0.1) is 0 Å². The molecule has 0 unspecified atom stereocenters. The first-order chi connectivity index (χ1) is 6.11. The fraction of sp³-hybridized carbons (Fsp3) is 0.222. The maximum atomic E-state index is 10.5. The second-order valence-corrected chi connectivity index (χ2v) is 3.29. The summed E-state index contributed by atoms with van der Waals surface area (Å²) in [6, 6.07) is 5.14. The van der Waals surface area contributed by atoms with Crippen molar-refractivity contribution in [2.45, 2.75) is 13.5 Å². The average Bonchev–Trinajstić information content (AvgIpc) is 2.03. The van der Waals surface area contributed by atoms with Gasteiger partial charge in [0.1, 0.15) is 6.61 Å². The number of carbonyl (C=O) groups excluding carboxylic acids is 1. The summed E-state index contributed by atoms with van der Waals surface area (Å²) in [5.74, 6) is -0.351. The van der Waals surface area contributed by atoms with Gasteiger partial charge in [-0.15, -0.1) is 0 Å². The quantitative estimate of drug-likeness (QED) is 0.714. The fourth-order valence-corrected chi connectivity index (χ4v) is 1.35. The van der Waals surface area contributed by atoms with Crippen LogP contribution >= 0.6 is 23.2 Å². The average molecular weight is 219 g/mol. The Labute approximate surface area is 86.4 Å². The van der Waals surface area contributed by atoms with Crippen molar-refractivity contribution in [3.63, 3.8) is 0 Å². The summed E-state index contributed by atoms with van der Waals surface area (Å²) in [5, 5.41) is 1.02. The van der Waals surface area contributed by atoms with Crippen LogP contribution in [0.15, 0.2) is 18.2 Å². The molecule has 2 nitrogen and oxygen atoms in total. The summed E-state index contributed by atoms with van der Waals surface area (Å²) >= 11 is 11.7. The van der Waals surface area contributed by atoms with Crippen LogP contribution in [0.3, 0.4) is 0 Å². The van der Waals surface area contributed by atoms with Crippen LogP contribution in [0.1, 0.15) is 12.5 Å². The van der Waals surface area contributed by atoms with Gasteiger partial charge in [0.25, 0.3) is 0 Å². The molecule has 0 heterocycles. The maximum absolute atomic E-state index is 10.5. The lowest BCUT2D eigenvalue weighted by atomic mass is 10.2. The van der Waals surface area contributed by atoms with Crippen molar-refractivity contribution in [2.75, 3.05) is 0 Å². The molecule has 0 radical (unpaired) electrons. The zero-order valence-corrected chi connectivity index (χ0v) is 8.52. The van der Waals surface area contributed by atoms with Gasteiger partial charge >= 0.3 is 5.97 Å². The van der Waals surface area contributed by atoms with Gasteiger partial charge in [0.2, 0.25) is 0 Å². The molecule has 4 heteroatoms. The van der Waals surface area contributed by atoms with E-state index in [0.717, 1.165) is 0 Å². The second-order valence-electron chi connectivity index (χ2n) is 2.48. The molecule has 0 saturated heterocycles. The van der Waals surface area contributed by atoms with Gasteiger partial charge in [-0.2, -0.15) is 0 Å². The molecule has 0 amide bonds. The van der Waals surface area contributed by atoms with Crippen molar-refractivity contribution in [3.8, 4) is 0 Å². The molecule has 70 valence electrons. The Bertz CT molecular complexity index is 303. The van der Waals surface area contributed by atoms with Crippen LogP contribution in [-0.2, 0) is 16.1 Å². The van der Waals surface area contributed by atoms with E-state index in [9.17, 15) is 4.79 Å². The van der Waals surface area contributed by atoms with Gasteiger partial charge < -0.3 is 4.74 Å². The van der Waals surface area contributed by atoms with E-state index >= 15 is 0 Å². The highest BCUT2D eigenvalue weighted by Crippen LogP contribution is 2.24. The van der Waals surface area contributed by atoms with Crippen LogP contribution < -0.4 is 0 Å². The Balaban J connectivity index is 2.81. The molecular weight excluding hydrogens is 211 g/mol. The highest BCUT2D eigenvalue weighted by Gasteiger charge is 2.06. The van der Waals surface area contributed by atoms with E-state index in [2.05, 4.69) is 0 Å². The van der Waals surface area contributed by atoms with Crippen LogP contribution in [0.25, 0.3) is 0 Å². The SMILES string of the molecule is CC(=O)OCc1c(Cl)cccc1Cl. The summed E-state index contributed by atoms with van der Waals surface area (Å²) in [6.07, 6.45) is 0. The van der Waals surface area contributed by atoms with Crippen molar-refractivity contribution in [3.05, 3.63) is 33.8 Å². The Morgan fingerprint density at radius 2 is 1.92 bits per heavy atom. The molecule has 0 aliphatic rings. The minimum atomic E-state index is -0.351. The third-order valence-corrected chi connectivity index (χ3v) is 2.19. The zero-order chi connectivity index (χ0) is 9.84. The number of hydrogen-bond donors (Lipinski definition) is 0. The standard InChI is InChI=1S/C9H8Cl2O2/c1-6(12)13-5-7-8(10)3-2-4-9(7)11/h2-4H,5H2,1H3. The minimum Gasteiger partial charge on any atom is -0.461 e. The molecular formula is C9H8Cl2O2. The highest BCUT2D eigenvalue weighted by molar-refractivity contribution is 6.35. The Kier molecular flexibility index (Phi) is 3.58. The first kappa shape index (κ1) is 10.4. The van der Waals surface area contributed by atoms with Crippen molar-refractivity contribution in [1.29, 1.82) is 0 Å². The topological polar surface area (TPSA) is 26.3 Å². The lowest BCUT2D eigenvalue weighted by Gasteiger charge is -2.05. The van der Waals surface area contributed by atoms with Crippen LogP contribution in [0.4, 0.5) is 0 Å². The molecule has 0 aliphatic carbocycles. The largest absolute Gasteiger partial charge is 0.461 e. The second kappa shape index (κ2) is 4.49. The van der Waals surface area contributed by atoms with Gasteiger partial charge in [0.05, 0.1) is 0 Å². The molecule has 13 heavy (non-hydrogen) atoms. The summed E-state index contributed by atoms with van der Waals surface area (Å²) in [6.45, 7) is 1.46. The summed E-state index contributed by atoms with van der Waals surface area (Å²) in [4.78, 5) is 10.5.